The highest BCUT2D eigenvalue weighted by molar-refractivity contribution is 5.78. The minimum Gasteiger partial charge on any atom is -0.342 e. The maximum absolute atomic E-state index is 11.4. The third-order valence-corrected chi connectivity index (χ3v) is 2.86. The Morgan fingerprint density at radius 3 is 2.64 bits per heavy atom. The summed E-state index contributed by atoms with van der Waals surface area (Å²) in [6, 6.07) is 0.529. The Morgan fingerprint density at radius 2 is 2.00 bits per heavy atom. The van der Waals surface area contributed by atoms with Gasteiger partial charge < -0.3 is 4.90 Å². The van der Waals surface area contributed by atoms with E-state index in [4.69, 9.17) is 0 Å². The van der Waals surface area contributed by atoms with Crippen LogP contribution in [0.4, 0.5) is 0 Å². The van der Waals surface area contributed by atoms with E-state index in [-0.39, 0.29) is 0 Å². The molecule has 3 rings (SSSR count). The molecule has 0 aromatic heterocycles. The molecule has 0 radical (unpaired) electrons. The van der Waals surface area contributed by atoms with E-state index in [0.29, 0.717) is 18.5 Å². The lowest BCUT2D eigenvalue weighted by Gasteiger charge is -2.28. The molecule has 0 saturated carbocycles. The van der Waals surface area contributed by atoms with Crippen molar-refractivity contribution in [1.82, 2.24) is 9.80 Å². The molecule has 3 fully saturated rings. The van der Waals surface area contributed by atoms with Crippen molar-refractivity contribution in [2.24, 2.45) is 0 Å². The van der Waals surface area contributed by atoms with Crippen molar-refractivity contribution in [3.8, 4) is 0 Å². The maximum Gasteiger partial charge on any atom is 0.236 e. The van der Waals surface area contributed by atoms with Gasteiger partial charge in [0.2, 0.25) is 5.91 Å². The number of hydrogen-bond acceptors (Lipinski definition) is 2. The molecular weight excluding hydrogens is 140 g/mol. The fourth-order valence-corrected chi connectivity index (χ4v) is 1.97. The Labute approximate surface area is 67.0 Å². The molecule has 0 atom stereocenters. The summed E-state index contributed by atoms with van der Waals surface area (Å²) >= 11 is 0. The maximum atomic E-state index is 11.4. The van der Waals surface area contributed by atoms with E-state index in [1.807, 2.05) is 11.9 Å². The first kappa shape index (κ1) is 7.10. The van der Waals surface area contributed by atoms with Gasteiger partial charge in [-0.25, -0.2) is 0 Å². The van der Waals surface area contributed by atoms with E-state index in [1.165, 1.54) is 12.8 Å². The third-order valence-electron chi connectivity index (χ3n) is 2.86. The van der Waals surface area contributed by atoms with Gasteiger partial charge in [0.15, 0.2) is 0 Å². The fraction of sp³-hybridized carbons (Fsp3) is 0.875. The Bertz CT molecular complexity index is 173. The Hall–Kier alpha value is -0.570. The fourth-order valence-electron chi connectivity index (χ4n) is 1.97. The average molecular weight is 154 g/mol. The molecule has 3 aliphatic rings. The quantitative estimate of drug-likeness (QED) is 0.487. The van der Waals surface area contributed by atoms with Crippen LogP contribution in [-0.2, 0) is 4.79 Å². The van der Waals surface area contributed by atoms with Crippen molar-refractivity contribution in [2.75, 3.05) is 26.7 Å². The second-order valence-corrected chi connectivity index (χ2v) is 3.51. The van der Waals surface area contributed by atoms with E-state index in [0.717, 1.165) is 13.1 Å². The van der Waals surface area contributed by atoms with Gasteiger partial charge in [0.05, 0.1) is 6.54 Å². The number of likely N-dealkylation sites (N-methyl/N-ethyl adjacent to an activating group) is 1. The van der Waals surface area contributed by atoms with Crippen LogP contribution in [0.1, 0.15) is 12.8 Å². The standard InChI is InChI=1S/C8H14N2O/c1-9-7-2-4-10(5-3-7)6-8(9)11/h7H,2-6H2,1H3. The van der Waals surface area contributed by atoms with Crippen molar-refractivity contribution >= 4 is 5.91 Å². The summed E-state index contributed by atoms with van der Waals surface area (Å²) in [5, 5.41) is 0. The van der Waals surface area contributed by atoms with Crippen molar-refractivity contribution in [1.29, 1.82) is 0 Å². The predicted molar refractivity (Wildman–Crippen MR) is 42.2 cm³/mol. The molecule has 3 nitrogen and oxygen atoms in total. The SMILES string of the molecule is CN1C(=O)CN2CCC1CC2. The van der Waals surface area contributed by atoms with Gasteiger partial charge in [-0.15, -0.1) is 0 Å². The van der Waals surface area contributed by atoms with Gasteiger partial charge in [-0.3, -0.25) is 9.69 Å². The number of rotatable bonds is 0. The van der Waals surface area contributed by atoms with Crippen LogP contribution in [0, 0.1) is 0 Å². The number of carbonyl (C=O) groups is 1. The molecule has 0 spiro atoms. The Morgan fingerprint density at radius 1 is 1.36 bits per heavy atom. The zero-order chi connectivity index (χ0) is 7.84. The first-order valence-corrected chi connectivity index (χ1v) is 4.25. The molecule has 62 valence electrons. The van der Waals surface area contributed by atoms with Gasteiger partial charge in [0, 0.05) is 26.2 Å². The summed E-state index contributed by atoms with van der Waals surface area (Å²) in [6.45, 7) is 2.87. The monoisotopic (exact) mass is 154 g/mol. The van der Waals surface area contributed by atoms with Gasteiger partial charge in [-0.2, -0.15) is 0 Å². The molecular formula is C8H14N2O. The highest BCUT2D eigenvalue weighted by atomic mass is 16.2. The van der Waals surface area contributed by atoms with Crippen LogP contribution in [0.3, 0.4) is 0 Å². The van der Waals surface area contributed by atoms with E-state index in [9.17, 15) is 4.79 Å². The van der Waals surface area contributed by atoms with Crippen LogP contribution in [0.5, 0.6) is 0 Å². The van der Waals surface area contributed by atoms with Crippen LogP contribution < -0.4 is 0 Å². The number of piperidine rings is 1. The lowest BCUT2D eigenvalue weighted by Crippen LogP contribution is -2.36. The van der Waals surface area contributed by atoms with Gasteiger partial charge >= 0.3 is 0 Å². The summed E-state index contributed by atoms with van der Waals surface area (Å²) < 4.78 is 0. The molecule has 3 heteroatoms. The van der Waals surface area contributed by atoms with Crippen molar-refractivity contribution in [2.45, 2.75) is 18.9 Å². The van der Waals surface area contributed by atoms with Crippen molar-refractivity contribution in [3.05, 3.63) is 0 Å². The average Bonchev–Trinajstić information content (AvgIpc) is 2.22. The number of nitrogens with zero attached hydrogens (tertiary/aromatic N) is 2. The summed E-state index contributed by atoms with van der Waals surface area (Å²) in [6.07, 6.45) is 2.34. The first-order valence-electron chi connectivity index (χ1n) is 4.25. The lowest BCUT2D eigenvalue weighted by molar-refractivity contribution is -0.130. The Balaban J connectivity index is 2.18. The molecule has 3 heterocycles. The Kier molecular flexibility index (Phi) is 1.60. The summed E-state index contributed by atoms with van der Waals surface area (Å²) in [4.78, 5) is 15.5. The molecule has 3 saturated heterocycles. The summed E-state index contributed by atoms with van der Waals surface area (Å²) in [5.74, 6) is 0.296. The predicted octanol–water partition coefficient (Wildman–Crippen LogP) is -0.0772. The smallest absolute Gasteiger partial charge is 0.236 e. The highest BCUT2D eigenvalue weighted by Gasteiger charge is 2.30. The minimum absolute atomic E-state index is 0.296. The third kappa shape index (κ3) is 1.13. The molecule has 2 bridgehead atoms. The summed E-state index contributed by atoms with van der Waals surface area (Å²) in [7, 11) is 1.93. The molecule has 0 aromatic carbocycles. The largest absolute Gasteiger partial charge is 0.342 e. The molecule has 0 N–H and O–H groups in total. The van der Waals surface area contributed by atoms with E-state index < -0.39 is 0 Å². The lowest BCUT2D eigenvalue weighted by atomic mass is 10.1. The van der Waals surface area contributed by atoms with Gasteiger partial charge in [0.25, 0.3) is 0 Å². The van der Waals surface area contributed by atoms with E-state index in [1.54, 1.807) is 0 Å². The second kappa shape index (κ2) is 2.48. The minimum atomic E-state index is 0.296. The molecule has 0 unspecified atom stereocenters. The van der Waals surface area contributed by atoms with Crippen molar-refractivity contribution < 1.29 is 4.79 Å². The first-order chi connectivity index (χ1) is 5.27. The number of carbonyl (C=O) groups excluding carboxylic acids is 1. The molecule has 0 aromatic rings. The number of fused-ring (bicyclic) bond motifs is 4. The highest BCUT2D eigenvalue weighted by Crippen LogP contribution is 2.19. The molecule has 3 aliphatic heterocycles. The zero-order valence-electron chi connectivity index (χ0n) is 6.92. The summed E-state index contributed by atoms with van der Waals surface area (Å²) in [5.41, 5.74) is 0. The second-order valence-electron chi connectivity index (χ2n) is 3.51. The van der Waals surface area contributed by atoms with E-state index >= 15 is 0 Å². The van der Waals surface area contributed by atoms with Gasteiger partial charge in [-0.1, -0.05) is 0 Å². The van der Waals surface area contributed by atoms with Crippen LogP contribution in [-0.4, -0.2) is 48.4 Å². The van der Waals surface area contributed by atoms with Gasteiger partial charge in [-0.05, 0) is 12.8 Å². The van der Waals surface area contributed by atoms with Crippen molar-refractivity contribution in [3.63, 3.8) is 0 Å². The molecule has 1 amide bonds. The van der Waals surface area contributed by atoms with Crippen LogP contribution in [0.15, 0.2) is 0 Å². The zero-order valence-corrected chi connectivity index (χ0v) is 6.92. The van der Waals surface area contributed by atoms with Crippen LogP contribution in [0.25, 0.3) is 0 Å². The van der Waals surface area contributed by atoms with Crippen LogP contribution in [0.2, 0.25) is 0 Å². The van der Waals surface area contributed by atoms with E-state index in [2.05, 4.69) is 4.90 Å². The van der Waals surface area contributed by atoms with Gasteiger partial charge in [0.1, 0.15) is 0 Å². The normalized spacial score (nSPS) is 37.5. The molecule has 0 aliphatic carbocycles. The topological polar surface area (TPSA) is 23.6 Å². The number of hydrogen-bond donors (Lipinski definition) is 0. The molecule has 11 heavy (non-hydrogen) atoms. The number of amides is 1. The van der Waals surface area contributed by atoms with Crippen LogP contribution >= 0.6 is 0 Å².